The first-order valence-electron chi connectivity index (χ1n) is 6.31. The lowest BCUT2D eigenvalue weighted by Crippen LogP contribution is -2.16. The van der Waals surface area contributed by atoms with Crippen molar-refractivity contribution in [1.82, 2.24) is 4.98 Å². The Morgan fingerprint density at radius 3 is 2.59 bits per heavy atom. The average molecular weight is 326 g/mol. The third-order valence-corrected chi connectivity index (χ3v) is 3.68. The highest BCUT2D eigenvalue weighted by Gasteiger charge is 2.20. The molecule has 1 N–H and O–H groups in total. The molecule has 0 atom stereocenters. The van der Waals surface area contributed by atoms with Crippen LogP contribution in [-0.4, -0.2) is 23.5 Å². The van der Waals surface area contributed by atoms with Crippen molar-refractivity contribution in [2.75, 3.05) is 11.9 Å². The van der Waals surface area contributed by atoms with Crippen molar-refractivity contribution in [3.8, 4) is 0 Å². The first-order valence-corrected chi connectivity index (χ1v) is 7.19. The molecular weight excluding hydrogens is 314 g/mol. The van der Waals surface area contributed by atoms with Crippen molar-refractivity contribution >= 4 is 28.9 Å². The molecular formula is C14H12F2N2O3S. The molecule has 0 aliphatic rings. The Labute approximate surface area is 128 Å². The van der Waals surface area contributed by atoms with Crippen LogP contribution < -0.4 is 5.32 Å². The maximum atomic E-state index is 13.4. The molecule has 0 bridgehead atoms. The molecule has 1 aromatic carbocycles. The smallest absolute Gasteiger partial charge is 0.340 e. The van der Waals surface area contributed by atoms with Gasteiger partial charge in [-0.05, 0) is 19.9 Å². The van der Waals surface area contributed by atoms with E-state index in [4.69, 9.17) is 4.74 Å². The van der Waals surface area contributed by atoms with Crippen LogP contribution in [0.2, 0.25) is 0 Å². The van der Waals surface area contributed by atoms with E-state index in [1.54, 1.807) is 13.8 Å². The van der Waals surface area contributed by atoms with E-state index in [1.165, 1.54) is 5.51 Å². The Balaban J connectivity index is 2.37. The van der Waals surface area contributed by atoms with E-state index in [9.17, 15) is 18.4 Å². The van der Waals surface area contributed by atoms with E-state index in [2.05, 4.69) is 10.3 Å². The molecule has 2 aromatic rings. The predicted molar refractivity (Wildman–Crippen MR) is 77.1 cm³/mol. The van der Waals surface area contributed by atoms with Crippen molar-refractivity contribution in [2.24, 2.45) is 0 Å². The summed E-state index contributed by atoms with van der Waals surface area (Å²) in [5.74, 6) is -3.78. The quantitative estimate of drug-likeness (QED) is 0.876. The minimum absolute atomic E-state index is 0.0686. The van der Waals surface area contributed by atoms with Gasteiger partial charge in [-0.15, -0.1) is 11.3 Å². The van der Waals surface area contributed by atoms with E-state index >= 15 is 0 Å². The third-order valence-electron chi connectivity index (χ3n) is 2.76. The molecule has 0 spiro atoms. The van der Waals surface area contributed by atoms with Gasteiger partial charge in [0, 0.05) is 6.07 Å². The summed E-state index contributed by atoms with van der Waals surface area (Å²) in [6.07, 6.45) is 0. The molecule has 0 fully saturated rings. The van der Waals surface area contributed by atoms with Gasteiger partial charge >= 0.3 is 5.97 Å². The summed E-state index contributed by atoms with van der Waals surface area (Å²) in [5.41, 5.74) is 1.58. The SMILES string of the molecule is CCOC(=O)c1cc(F)c(F)cc1NC(=O)c1scnc1C. The average Bonchev–Trinajstić information content (AvgIpc) is 2.89. The summed E-state index contributed by atoms with van der Waals surface area (Å²) in [7, 11) is 0. The summed E-state index contributed by atoms with van der Waals surface area (Å²) >= 11 is 1.10. The van der Waals surface area contributed by atoms with Crippen LogP contribution in [0.15, 0.2) is 17.6 Å². The minimum Gasteiger partial charge on any atom is -0.462 e. The van der Waals surface area contributed by atoms with Gasteiger partial charge in [-0.25, -0.2) is 18.6 Å². The summed E-state index contributed by atoms with van der Waals surface area (Å²) in [4.78, 5) is 28.2. The number of aryl methyl sites for hydroxylation is 1. The summed E-state index contributed by atoms with van der Waals surface area (Å²) in [6, 6.07) is 1.44. The van der Waals surface area contributed by atoms with E-state index in [-0.39, 0.29) is 17.9 Å². The number of nitrogens with one attached hydrogen (secondary N) is 1. The zero-order valence-corrected chi connectivity index (χ0v) is 12.6. The molecule has 0 aliphatic carbocycles. The molecule has 22 heavy (non-hydrogen) atoms. The molecule has 0 radical (unpaired) electrons. The van der Waals surface area contributed by atoms with Gasteiger partial charge in [0.15, 0.2) is 11.6 Å². The number of aromatic nitrogens is 1. The first-order chi connectivity index (χ1) is 10.4. The van der Waals surface area contributed by atoms with Gasteiger partial charge in [0.05, 0.1) is 29.1 Å². The molecule has 0 saturated carbocycles. The Morgan fingerprint density at radius 2 is 2.00 bits per heavy atom. The number of hydrogen-bond donors (Lipinski definition) is 1. The van der Waals surface area contributed by atoms with Gasteiger partial charge in [-0.3, -0.25) is 4.79 Å². The van der Waals surface area contributed by atoms with Gasteiger partial charge in [-0.1, -0.05) is 0 Å². The highest BCUT2D eigenvalue weighted by atomic mass is 32.1. The number of halogens is 2. The van der Waals surface area contributed by atoms with Crippen molar-refractivity contribution in [3.63, 3.8) is 0 Å². The molecule has 1 amide bonds. The molecule has 5 nitrogen and oxygen atoms in total. The number of benzene rings is 1. The third kappa shape index (κ3) is 3.28. The van der Waals surface area contributed by atoms with Crippen molar-refractivity contribution in [1.29, 1.82) is 0 Å². The van der Waals surface area contributed by atoms with Crippen LogP contribution in [0.25, 0.3) is 0 Å². The monoisotopic (exact) mass is 326 g/mol. The fourth-order valence-corrected chi connectivity index (χ4v) is 2.42. The zero-order valence-electron chi connectivity index (χ0n) is 11.8. The van der Waals surface area contributed by atoms with Gasteiger partial charge in [0.2, 0.25) is 0 Å². The lowest BCUT2D eigenvalue weighted by Gasteiger charge is -2.11. The summed E-state index contributed by atoms with van der Waals surface area (Å²) < 4.78 is 31.5. The van der Waals surface area contributed by atoms with Crippen LogP contribution in [0.1, 0.15) is 32.6 Å². The number of hydrogen-bond acceptors (Lipinski definition) is 5. The lowest BCUT2D eigenvalue weighted by molar-refractivity contribution is 0.0527. The largest absolute Gasteiger partial charge is 0.462 e. The number of nitrogens with zero attached hydrogens (tertiary/aromatic N) is 1. The van der Waals surface area contributed by atoms with E-state index in [0.717, 1.165) is 17.4 Å². The maximum Gasteiger partial charge on any atom is 0.340 e. The molecule has 0 saturated heterocycles. The number of esters is 1. The Hall–Kier alpha value is -2.35. The number of anilines is 1. The fourth-order valence-electron chi connectivity index (χ4n) is 1.73. The summed E-state index contributed by atoms with van der Waals surface area (Å²) in [6.45, 7) is 3.29. The minimum atomic E-state index is -1.20. The van der Waals surface area contributed by atoms with E-state index in [0.29, 0.717) is 16.6 Å². The molecule has 0 unspecified atom stereocenters. The Bertz CT molecular complexity index is 731. The van der Waals surface area contributed by atoms with Crippen LogP contribution in [0.3, 0.4) is 0 Å². The second kappa shape index (κ2) is 6.61. The second-order valence-corrected chi connectivity index (χ2v) is 5.11. The second-order valence-electron chi connectivity index (χ2n) is 4.25. The molecule has 2 rings (SSSR count). The van der Waals surface area contributed by atoms with Crippen LogP contribution >= 0.6 is 11.3 Å². The standard InChI is InChI=1S/C14H12F2N2O3S/c1-3-21-14(20)8-4-9(15)10(16)5-11(8)18-13(19)12-7(2)17-6-22-12/h4-6H,3H2,1-2H3,(H,18,19). The van der Waals surface area contributed by atoms with E-state index in [1.807, 2.05) is 0 Å². The van der Waals surface area contributed by atoms with Gasteiger partial charge in [0.25, 0.3) is 5.91 Å². The van der Waals surface area contributed by atoms with Crippen molar-refractivity contribution in [2.45, 2.75) is 13.8 Å². The molecule has 1 aromatic heterocycles. The summed E-state index contributed by atoms with van der Waals surface area (Å²) in [5, 5.41) is 2.39. The molecule has 1 heterocycles. The first kappa shape index (κ1) is 16.0. The van der Waals surface area contributed by atoms with Gasteiger partial charge < -0.3 is 10.1 Å². The van der Waals surface area contributed by atoms with Crippen molar-refractivity contribution < 1.29 is 23.1 Å². The number of carbonyl (C=O) groups excluding carboxylic acids is 2. The molecule has 116 valence electrons. The van der Waals surface area contributed by atoms with Gasteiger partial charge in [-0.2, -0.15) is 0 Å². The lowest BCUT2D eigenvalue weighted by atomic mass is 10.1. The number of ether oxygens (including phenoxy) is 1. The highest BCUT2D eigenvalue weighted by molar-refractivity contribution is 7.12. The topological polar surface area (TPSA) is 68.3 Å². The molecule has 8 heteroatoms. The highest BCUT2D eigenvalue weighted by Crippen LogP contribution is 2.23. The van der Waals surface area contributed by atoms with Crippen LogP contribution in [0.5, 0.6) is 0 Å². The van der Waals surface area contributed by atoms with Crippen LogP contribution in [-0.2, 0) is 4.74 Å². The fraction of sp³-hybridized carbons (Fsp3) is 0.214. The van der Waals surface area contributed by atoms with Crippen LogP contribution in [0.4, 0.5) is 14.5 Å². The van der Waals surface area contributed by atoms with Crippen molar-refractivity contribution in [3.05, 3.63) is 45.4 Å². The van der Waals surface area contributed by atoms with Gasteiger partial charge in [0.1, 0.15) is 4.88 Å². The van der Waals surface area contributed by atoms with E-state index < -0.39 is 23.5 Å². The number of rotatable bonds is 4. The normalized spacial score (nSPS) is 10.4. The number of thiazole rings is 1. The number of amides is 1. The molecule has 0 aliphatic heterocycles. The van der Waals surface area contributed by atoms with Crippen LogP contribution in [0, 0.1) is 18.6 Å². The zero-order chi connectivity index (χ0) is 16.3. The Kier molecular flexibility index (Phi) is 4.81. The number of carbonyl (C=O) groups is 2. The Morgan fingerprint density at radius 1 is 1.32 bits per heavy atom. The maximum absolute atomic E-state index is 13.4. The predicted octanol–water partition coefficient (Wildman–Crippen LogP) is 3.16.